The van der Waals surface area contributed by atoms with E-state index in [1.54, 1.807) is 6.07 Å². The van der Waals surface area contributed by atoms with Gasteiger partial charge in [-0.25, -0.2) is 4.39 Å². The molecule has 1 atom stereocenters. The fourth-order valence-corrected chi connectivity index (χ4v) is 1.02. The molecule has 0 amide bonds. The summed E-state index contributed by atoms with van der Waals surface area (Å²) in [6.45, 7) is -0.166. The Morgan fingerprint density at radius 3 is 2.79 bits per heavy atom. The van der Waals surface area contributed by atoms with Gasteiger partial charge < -0.3 is 15.5 Å². The van der Waals surface area contributed by atoms with Crippen LogP contribution in [-0.2, 0) is 0 Å². The van der Waals surface area contributed by atoms with Crippen molar-refractivity contribution in [1.82, 2.24) is 0 Å². The van der Waals surface area contributed by atoms with E-state index in [1.807, 2.05) is 0 Å². The van der Waals surface area contributed by atoms with Gasteiger partial charge in [0, 0.05) is 12.2 Å². The quantitative estimate of drug-likeness (QED) is 0.714. The molecule has 78 valence electrons. The van der Waals surface area contributed by atoms with Gasteiger partial charge in [-0.05, 0) is 18.2 Å². The summed E-state index contributed by atoms with van der Waals surface area (Å²) in [6, 6.07) is 4.24. The monoisotopic (exact) mass is 219 g/mol. The predicted molar refractivity (Wildman–Crippen MR) is 53.0 cm³/mol. The molecular formula is C9H11ClFNO2. The normalized spacial score (nSPS) is 12.6. The SMILES string of the molecule is OCC(O)CNc1ccc(Cl)c(F)c1. The van der Waals surface area contributed by atoms with Crippen LogP contribution in [0.4, 0.5) is 10.1 Å². The van der Waals surface area contributed by atoms with Crippen LogP contribution in [0.1, 0.15) is 0 Å². The maximum Gasteiger partial charge on any atom is 0.143 e. The third-order valence-corrected chi connectivity index (χ3v) is 1.98. The highest BCUT2D eigenvalue weighted by Gasteiger charge is 2.03. The van der Waals surface area contributed by atoms with Gasteiger partial charge in [-0.15, -0.1) is 0 Å². The lowest BCUT2D eigenvalue weighted by Crippen LogP contribution is -2.22. The predicted octanol–water partition coefficient (Wildman–Crippen LogP) is 1.24. The molecule has 0 bridgehead atoms. The number of halogens is 2. The van der Waals surface area contributed by atoms with Crippen LogP contribution in [0.15, 0.2) is 18.2 Å². The summed E-state index contributed by atoms with van der Waals surface area (Å²) in [5.74, 6) is -0.518. The first-order chi connectivity index (χ1) is 6.63. The highest BCUT2D eigenvalue weighted by Crippen LogP contribution is 2.18. The Kier molecular flexibility index (Phi) is 4.13. The Morgan fingerprint density at radius 1 is 1.50 bits per heavy atom. The van der Waals surface area contributed by atoms with Crippen LogP contribution in [0.25, 0.3) is 0 Å². The second kappa shape index (κ2) is 5.14. The van der Waals surface area contributed by atoms with Gasteiger partial charge in [0.25, 0.3) is 0 Å². The largest absolute Gasteiger partial charge is 0.394 e. The molecule has 0 aliphatic heterocycles. The zero-order chi connectivity index (χ0) is 10.6. The van der Waals surface area contributed by atoms with Crippen LogP contribution in [0.2, 0.25) is 5.02 Å². The molecule has 3 N–H and O–H groups in total. The van der Waals surface area contributed by atoms with Gasteiger partial charge in [-0.2, -0.15) is 0 Å². The number of benzene rings is 1. The van der Waals surface area contributed by atoms with Gasteiger partial charge in [-0.1, -0.05) is 11.6 Å². The topological polar surface area (TPSA) is 52.5 Å². The van der Waals surface area contributed by atoms with E-state index in [0.717, 1.165) is 0 Å². The summed E-state index contributed by atoms with van der Waals surface area (Å²) in [5, 5.41) is 20.3. The fraction of sp³-hybridized carbons (Fsp3) is 0.333. The number of rotatable bonds is 4. The minimum Gasteiger partial charge on any atom is -0.394 e. The molecule has 0 radical (unpaired) electrons. The van der Waals surface area contributed by atoms with E-state index in [0.29, 0.717) is 5.69 Å². The molecule has 1 rings (SSSR count). The molecule has 1 unspecified atom stereocenters. The average molecular weight is 220 g/mol. The first-order valence-electron chi connectivity index (χ1n) is 4.11. The molecule has 1 aromatic carbocycles. The van der Waals surface area contributed by atoms with Gasteiger partial charge >= 0.3 is 0 Å². The number of nitrogens with one attached hydrogen (secondary N) is 1. The van der Waals surface area contributed by atoms with E-state index < -0.39 is 11.9 Å². The highest BCUT2D eigenvalue weighted by atomic mass is 35.5. The molecule has 0 saturated heterocycles. The second-order valence-electron chi connectivity index (χ2n) is 2.85. The minimum atomic E-state index is -0.853. The van der Waals surface area contributed by atoms with Crippen molar-refractivity contribution in [2.45, 2.75) is 6.10 Å². The Morgan fingerprint density at radius 2 is 2.21 bits per heavy atom. The number of aliphatic hydroxyl groups is 2. The smallest absolute Gasteiger partial charge is 0.143 e. The molecule has 0 aromatic heterocycles. The maximum atomic E-state index is 12.9. The van der Waals surface area contributed by atoms with E-state index >= 15 is 0 Å². The molecule has 0 aliphatic rings. The van der Waals surface area contributed by atoms with Crippen molar-refractivity contribution in [3.63, 3.8) is 0 Å². The minimum absolute atomic E-state index is 0.0539. The molecule has 0 heterocycles. The van der Waals surface area contributed by atoms with Crippen molar-refractivity contribution >= 4 is 17.3 Å². The number of aliphatic hydroxyl groups excluding tert-OH is 2. The lowest BCUT2D eigenvalue weighted by Gasteiger charge is -2.10. The highest BCUT2D eigenvalue weighted by molar-refractivity contribution is 6.30. The Hall–Kier alpha value is -0.840. The lowest BCUT2D eigenvalue weighted by atomic mass is 10.3. The van der Waals surface area contributed by atoms with Crippen molar-refractivity contribution in [2.75, 3.05) is 18.5 Å². The summed E-state index contributed by atoms with van der Waals surface area (Å²) in [4.78, 5) is 0. The van der Waals surface area contributed by atoms with Crippen LogP contribution < -0.4 is 5.32 Å². The van der Waals surface area contributed by atoms with Crippen molar-refractivity contribution in [3.8, 4) is 0 Å². The third kappa shape index (κ3) is 3.14. The molecule has 0 aliphatic carbocycles. The molecule has 0 saturated carbocycles. The molecule has 0 spiro atoms. The van der Waals surface area contributed by atoms with Crippen LogP contribution in [-0.4, -0.2) is 29.5 Å². The standard InChI is InChI=1S/C9H11ClFNO2/c10-8-2-1-6(3-9(8)11)12-4-7(14)5-13/h1-3,7,12-14H,4-5H2. The van der Waals surface area contributed by atoms with Gasteiger partial charge in [0.1, 0.15) is 5.82 Å². The Balaban J connectivity index is 2.55. The van der Waals surface area contributed by atoms with E-state index in [4.69, 9.17) is 21.8 Å². The van der Waals surface area contributed by atoms with E-state index in [1.165, 1.54) is 12.1 Å². The number of hydrogen-bond acceptors (Lipinski definition) is 3. The Bertz CT molecular complexity index is 309. The number of anilines is 1. The van der Waals surface area contributed by atoms with Crippen LogP contribution in [0, 0.1) is 5.82 Å². The summed E-state index contributed by atoms with van der Waals surface area (Å²) >= 11 is 5.48. The molecule has 5 heteroatoms. The molecule has 3 nitrogen and oxygen atoms in total. The van der Waals surface area contributed by atoms with Crippen LogP contribution in [0.3, 0.4) is 0 Å². The van der Waals surface area contributed by atoms with E-state index in [9.17, 15) is 4.39 Å². The second-order valence-corrected chi connectivity index (χ2v) is 3.25. The lowest BCUT2D eigenvalue weighted by molar-refractivity contribution is 0.105. The van der Waals surface area contributed by atoms with Gasteiger partial charge in [0.15, 0.2) is 0 Å². The molecule has 14 heavy (non-hydrogen) atoms. The van der Waals surface area contributed by atoms with E-state index in [-0.39, 0.29) is 18.2 Å². The molecule has 0 fully saturated rings. The zero-order valence-electron chi connectivity index (χ0n) is 7.37. The third-order valence-electron chi connectivity index (χ3n) is 1.67. The summed E-state index contributed by atoms with van der Waals surface area (Å²) in [6.07, 6.45) is -0.853. The van der Waals surface area contributed by atoms with Crippen molar-refractivity contribution in [1.29, 1.82) is 0 Å². The maximum absolute atomic E-state index is 12.9. The fourth-order valence-electron chi connectivity index (χ4n) is 0.906. The first-order valence-corrected chi connectivity index (χ1v) is 4.49. The Labute approximate surface area is 86.1 Å². The first kappa shape index (κ1) is 11.2. The van der Waals surface area contributed by atoms with Crippen molar-refractivity contribution < 1.29 is 14.6 Å². The molecular weight excluding hydrogens is 209 g/mol. The summed E-state index contributed by atoms with van der Waals surface area (Å²) in [5.41, 5.74) is 0.513. The van der Waals surface area contributed by atoms with Gasteiger partial charge in [0.2, 0.25) is 0 Å². The van der Waals surface area contributed by atoms with Crippen molar-refractivity contribution in [2.24, 2.45) is 0 Å². The van der Waals surface area contributed by atoms with Gasteiger partial charge in [0.05, 0.1) is 17.7 Å². The average Bonchev–Trinajstić information content (AvgIpc) is 2.19. The van der Waals surface area contributed by atoms with Gasteiger partial charge in [-0.3, -0.25) is 0 Å². The summed E-state index contributed by atoms with van der Waals surface area (Å²) < 4.78 is 12.9. The number of hydrogen-bond donors (Lipinski definition) is 3. The van der Waals surface area contributed by atoms with E-state index in [2.05, 4.69) is 5.32 Å². The van der Waals surface area contributed by atoms with Crippen LogP contribution in [0.5, 0.6) is 0 Å². The summed E-state index contributed by atoms with van der Waals surface area (Å²) in [7, 11) is 0. The van der Waals surface area contributed by atoms with Crippen molar-refractivity contribution in [3.05, 3.63) is 29.0 Å². The molecule has 1 aromatic rings. The van der Waals surface area contributed by atoms with Crippen LogP contribution >= 0.6 is 11.6 Å². The zero-order valence-corrected chi connectivity index (χ0v) is 8.13.